The Kier molecular flexibility index (Phi) is 3.74. The van der Waals surface area contributed by atoms with E-state index in [1.807, 2.05) is 18.2 Å². The highest BCUT2D eigenvalue weighted by atomic mass is 16.2. The molecule has 0 spiro atoms. The minimum Gasteiger partial charge on any atom is -0.282 e. The third kappa shape index (κ3) is 2.41. The molecule has 0 radical (unpaired) electrons. The van der Waals surface area contributed by atoms with Crippen molar-refractivity contribution in [1.29, 1.82) is 0 Å². The van der Waals surface area contributed by atoms with Crippen LogP contribution in [0.15, 0.2) is 30.3 Å². The van der Waals surface area contributed by atoms with Gasteiger partial charge in [0.25, 0.3) is 0 Å². The molecule has 0 N–H and O–H groups in total. The molecule has 1 aromatic rings. The maximum Gasteiger partial charge on any atom is 0.233 e. The summed E-state index contributed by atoms with van der Waals surface area (Å²) in [7, 11) is 0. The number of nitrogens with zero attached hydrogens (tertiary/aromatic N) is 1. The number of hydrogen-bond donors (Lipinski definition) is 0. The van der Waals surface area contributed by atoms with E-state index in [9.17, 15) is 9.59 Å². The summed E-state index contributed by atoms with van der Waals surface area (Å²) in [5.41, 5.74) is 0.943. The van der Waals surface area contributed by atoms with Crippen molar-refractivity contribution in [2.24, 2.45) is 11.8 Å². The molecule has 23 heavy (non-hydrogen) atoms. The van der Waals surface area contributed by atoms with Gasteiger partial charge >= 0.3 is 0 Å². The Labute approximate surface area is 138 Å². The number of carbonyl (C=O) groups is 2. The Morgan fingerprint density at radius 1 is 1.00 bits per heavy atom. The summed E-state index contributed by atoms with van der Waals surface area (Å²) < 4.78 is 0. The number of hydrogen-bond acceptors (Lipinski definition) is 2. The lowest BCUT2D eigenvalue weighted by Crippen LogP contribution is -2.58. The molecule has 3 nitrogen and oxygen atoms in total. The smallest absolute Gasteiger partial charge is 0.233 e. The van der Waals surface area contributed by atoms with Crippen molar-refractivity contribution in [3.63, 3.8) is 0 Å². The summed E-state index contributed by atoms with van der Waals surface area (Å²) in [5.74, 6) is 0.716. The molecule has 4 rings (SSSR count). The van der Waals surface area contributed by atoms with Gasteiger partial charge in [-0.15, -0.1) is 0 Å². The minimum absolute atomic E-state index is 0.00331. The highest BCUT2D eigenvalue weighted by molar-refractivity contribution is 6.01. The Hall–Kier alpha value is -1.64. The number of fused-ring (bicyclic) bond motifs is 1. The number of rotatable bonds is 3. The molecule has 0 bridgehead atoms. The number of likely N-dealkylation sites (tertiary alicyclic amines) is 1. The Balaban J connectivity index is 1.66. The maximum atomic E-state index is 13.1. The molecule has 1 aliphatic heterocycles. The van der Waals surface area contributed by atoms with Crippen molar-refractivity contribution in [3.05, 3.63) is 35.9 Å². The van der Waals surface area contributed by atoms with Crippen molar-refractivity contribution in [2.75, 3.05) is 6.54 Å². The number of amides is 2. The molecule has 122 valence electrons. The molecule has 2 atom stereocenters. The van der Waals surface area contributed by atoms with Crippen molar-refractivity contribution in [2.45, 2.75) is 56.8 Å². The predicted molar refractivity (Wildman–Crippen MR) is 88.8 cm³/mol. The van der Waals surface area contributed by atoms with Gasteiger partial charge in [-0.25, -0.2) is 0 Å². The first-order valence-electron chi connectivity index (χ1n) is 9.10. The van der Waals surface area contributed by atoms with E-state index < -0.39 is 0 Å². The molecule has 3 aliphatic rings. The molecule has 0 aromatic heterocycles. The molecule has 1 saturated heterocycles. The first-order chi connectivity index (χ1) is 11.2. The molecule has 2 saturated carbocycles. The summed E-state index contributed by atoms with van der Waals surface area (Å²) >= 11 is 0. The van der Waals surface area contributed by atoms with Crippen LogP contribution in [-0.4, -0.2) is 23.3 Å². The SMILES string of the molecule is O=C1C[C@]2(c3ccccc3)CCCC[C@H]2C(=O)N1CC1CCC1. The van der Waals surface area contributed by atoms with Gasteiger partial charge in [0.1, 0.15) is 0 Å². The molecule has 1 heterocycles. The predicted octanol–water partition coefficient (Wildman–Crippen LogP) is 3.67. The topological polar surface area (TPSA) is 37.4 Å². The summed E-state index contributed by atoms with van der Waals surface area (Å²) in [5, 5.41) is 0. The van der Waals surface area contributed by atoms with Crippen LogP contribution in [0.3, 0.4) is 0 Å². The van der Waals surface area contributed by atoms with Gasteiger partial charge < -0.3 is 0 Å². The minimum atomic E-state index is -0.246. The van der Waals surface area contributed by atoms with Gasteiger partial charge in [0, 0.05) is 24.3 Å². The standard InChI is InChI=1S/C20H25NO2/c22-18-13-20(16-9-2-1-3-10-16)12-5-4-11-17(20)19(23)21(18)14-15-7-6-8-15/h1-3,9-10,15,17H,4-8,11-14H2/t17-,20-/m0/s1. The van der Waals surface area contributed by atoms with Gasteiger partial charge in [-0.2, -0.15) is 0 Å². The number of benzene rings is 1. The van der Waals surface area contributed by atoms with E-state index in [2.05, 4.69) is 12.1 Å². The fourth-order valence-corrected chi connectivity index (χ4v) is 4.83. The second-order valence-electron chi connectivity index (χ2n) is 7.64. The normalized spacial score (nSPS) is 31.7. The number of carbonyl (C=O) groups excluding carboxylic acids is 2. The third-order valence-electron chi connectivity index (χ3n) is 6.38. The highest BCUT2D eigenvalue weighted by Gasteiger charge is 2.53. The van der Waals surface area contributed by atoms with Gasteiger partial charge in [-0.1, -0.05) is 49.6 Å². The second-order valence-corrected chi connectivity index (χ2v) is 7.64. The quantitative estimate of drug-likeness (QED) is 0.799. The maximum absolute atomic E-state index is 13.1. The van der Waals surface area contributed by atoms with E-state index >= 15 is 0 Å². The van der Waals surface area contributed by atoms with Crippen LogP contribution in [0.25, 0.3) is 0 Å². The first kappa shape index (κ1) is 14.9. The van der Waals surface area contributed by atoms with Crippen LogP contribution < -0.4 is 0 Å². The van der Waals surface area contributed by atoms with Crippen LogP contribution in [0.1, 0.15) is 56.9 Å². The van der Waals surface area contributed by atoms with Crippen molar-refractivity contribution in [1.82, 2.24) is 4.90 Å². The summed E-state index contributed by atoms with van der Waals surface area (Å²) in [4.78, 5) is 27.6. The lowest BCUT2D eigenvalue weighted by molar-refractivity contribution is -0.159. The monoisotopic (exact) mass is 311 g/mol. The van der Waals surface area contributed by atoms with E-state index in [-0.39, 0.29) is 23.1 Å². The Morgan fingerprint density at radius 3 is 2.48 bits per heavy atom. The molecule has 3 heteroatoms. The second kappa shape index (κ2) is 5.77. The van der Waals surface area contributed by atoms with Crippen LogP contribution in [0.5, 0.6) is 0 Å². The lowest BCUT2D eigenvalue weighted by Gasteiger charge is -2.49. The average molecular weight is 311 g/mol. The van der Waals surface area contributed by atoms with E-state index in [4.69, 9.17) is 0 Å². The summed E-state index contributed by atoms with van der Waals surface area (Å²) in [6.45, 7) is 0.666. The van der Waals surface area contributed by atoms with Gasteiger partial charge in [-0.3, -0.25) is 14.5 Å². The van der Waals surface area contributed by atoms with Gasteiger partial charge in [0.2, 0.25) is 11.8 Å². The summed E-state index contributed by atoms with van der Waals surface area (Å²) in [6, 6.07) is 10.3. The summed E-state index contributed by atoms with van der Waals surface area (Å²) in [6.07, 6.45) is 8.24. The van der Waals surface area contributed by atoms with E-state index in [1.165, 1.54) is 24.8 Å². The number of imide groups is 1. The molecular formula is C20H25NO2. The van der Waals surface area contributed by atoms with Crippen LogP contribution in [0.4, 0.5) is 0 Å². The number of piperidine rings is 1. The van der Waals surface area contributed by atoms with Gasteiger partial charge in [-0.05, 0) is 37.2 Å². The molecule has 0 unspecified atom stereocenters. The molecular weight excluding hydrogens is 286 g/mol. The highest BCUT2D eigenvalue weighted by Crippen LogP contribution is 2.50. The fraction of sp³-hybridized carbons (Fsp3) is 0.600. The van der Waals surface area contributed by atoms with Crippen LogP contribution in [-0.2, 0) is 15.0 Å². The zero-order valence-corrected chi connectivity index (χ0v) is 13.7. The average Bonchev–Trinajstić information content (AvgIpc) is 2.54. The molecule has 3 fully saturated rings. The van der Waals surface area contributed by atoms with Crippen molar-refractivity contribution >= 4 is 11.8 Å². The van der Waals surface area contributed by atoms with Crippen LogP contribution >= 0.6 is 0 Å². The lowest BCUT2D eigenvalue weighted by atomic mass is 9.58. The zero-order valence-electron chi connectivity index (χ0n) is 13.7. The molecule has 1 aromatic carbocycles. The Bertz CT molecular complexity index is 607. The Morgan fingerprint density at radius 2 is 1.78 bits per heavy atom. The van der Waals surface area contributed by atoms with Gasteiger partial charge in [0.15, 0.2) is 0 Å². The van der Waals surface area contributed by atoms with Crippen molar-refractivity contribution in [3.8, 4) is 0 Å². The fourth-order valence-electron chi connectivity index (χ4n) is 4.83. The van der Waals surface area contributed by atoms with E-state index in [1.54, 1.807) is 4.90 Å². The largest absolute Gasteiger partial charge is 0.282 e. The van der Waals surface area contributed by atoms with E-state index in [0.717, 1.165) is 25.7 Å². The first-order valence-corrected chi connectivity index (χ1v) is 9.10. The molecule has 2 amide bonds. The van der Waals surface area contributed by atoms with Gasteiger partial charge in [0.05, 0.1) is 0 Å². The van der Waals surface area contributed by atoms with Crippen LogP contribution in [0, 0.1) is 11.8 Å². The molecule has 2 aliphatic carbocycles. The van der Waals surface area contributed by atoms with E-state index in [0.29, 0.717) is 18.9 Å². The zero-order chi connectivity index (χ0) is 15.9. The van der Waals surface area contributed by atoms with Crippen molar-refractivity contribution < 1.29 is 9.59 Å². The third-order valence-corrected chi connectivity index (χ3v) is 6.38. The van der Waals surface area contributed by atoms with Crippen LogP contribution in [0.2, 0.25) is 0 Å².